The number of aromatic nitrogens is 2. The third kappa shape index (κ3) is 2.84. The number of halogens is 1. The summed E-state index contributed by atoms with van der Waals surface area (Å²) in [5, 5.41) is 2.75. The fraction of sp³-hybridized carbons (Fsp3) is 0.0833. The van der Waals surface area contributed by atoms with E-state index < -0.39 is 0 Å². The van der Waals surface area contributed by atoms with Crippen LogP contribution in [-0.4, -0.2) is 21.7 Å². The first-order valence-electron chi connectivity index (χ1n) is 5.21. The minimum atomic E-state index is -0.219. The van der Waals surface area contributed by atoms with Crippen molar-refractivity contribution in [1.82, 2.24) is 9.55 Å². The Morgan fingerprint density at radius 1 is 1.44 bits per heavy atom. The molecule has 18 heavy (non-hydrogen) atoms. The molecule has 1 aromatic heterocycles. The zero-order valence-electron chi connectivity index (χ0n) is 9.34. The topological polar surface area (TPSA) is 64.0 Å². The van der Waals surface area contributed by atoms with Gasteiger partial charge in [0.05, 0.1) is 5.69 Å². The van der Waals surface area contributed by atoms with Crippen LogP contribution in [0.5, 0.6) is 0 Å². The molecule has 0 aliphatic rings. The lowest BCUT2D eigenvalue weighted by Gasteiger charge is -2.08. The van der Waals surface area contributed by atoms with Crippen molar-refractivity contribution in [2.24, 2.45) is 0 Å². The highest BCUT2D eigenvalue weighted by Gasteiger charge is 2.08. The van der Waals surface area contributed by atoms with Crippen LogP contribution < -0.4 is 5.32 Å². The standard InChI is InChI=1S/C12H10BrN3O2/c13-9-3-1-2-4-10(9)15-12(18)7-16-6-5-14-11(16)8-17/h1-6,8H,7H2,(H,15,18). The van der Waals surface area contributed by atoms with Crippen LogP contribution in [0.4, 0.5) is 5.69 Å². The number of imidazole rings is 1. The molecule has 0 saturated carbocycles. The zero-order valence-corrected chi connectivity index (χ0v) is 10.9. The minimum Gasteiger partial charge on any atom is -0.324 e. The maximum absolute atomic E-state index is 11.8. The average molecular weight is 308 g/mol. The molecule has 1 heterocycles. The van der Waals surface area contributed by atoms with Gasteiger partial charge in [-0.2, -0.15) is 0 Å². The molecule has 92 valence electrons. The van der Waals surface area contributed by atoms with E-state index in [4.69, 9.17) is 0 Å². The molecule has 1 amide bonds. The second-order valence-corrected chi connectivity index (χ2v) is 4.41. The first-order chi connectivity index (χ1) is 8.70. The van der Waals surface area contributed by atoms with Crippen molar-refractivity contribution in [2.75, 3.05) is 5.32 Å². The third-order valence-electron chi connectivity index (χ3n) is 2.31. The summed E-state index contributed by atoms with van der Waals surface area (Å²) in [5.74, 6) is 0.0141. The summed E-state index contributed by atoms with van der Waals surface area (Å²) in [4.78, 5) is 26.3. The van der Waals surface area contributed by atoms with Gasteiger partial charge in [-0.15, -0.1) is 0 Å². The van der Waals surface area contributed by atoms with Gasteiger partial charge in [0.25, 0.3) is 0 Å². The monoisotopic (exact) mass is 307 g/mol. The van der Waals surface area contributed by atoms with Crippen LogP contribution in [-0.2, 0) is 11.3 Å². The Morgan fingerprint density at radius 2 is 2.22 bits per heavy atom. The van der Waals surface area contributed by atoms with E-state index >= 15 is 0 Å². The molecule has 0 saturated heterocycles. The van der Waals surface area contributed by atoms with Crippen molar-refractivity contribution in [2.45, 2.75) is 6.54 Å². The summed E-state index contributed by atoms with van der Waals surface area (Å²) in [6.07, 6.45) is 3.69. The highest BCUT2D eigenvalue weighted by Crippen LogP contribution is 2.21. The summed E-state index contributed by atoms with van der Waals surface area (Å²) in [5.41, 5.74) is 0.690. The molecule has 2 rings (SSSR count). The van der Waals surface area contributed by atoms with Crippen LogP contribution in [0.2, 0.25) is 0 Å². The lowest BCUT2D eigenvalue weighted by atomic mass is 10.3. The largest absolute Gasteiger partial charge is 0.324 e. The smallest absolute Gasteiger partial charge is 0.244 e. The van der Waals surface area contributed by atoms with Crippen LogP contribution >= 0.6 is 15.9 Å². The second kappa shape index (κ2) is 5.59. The molecule has 0 unspecified atom stereocenters. The summed E-state index contributed by atoms with van der Waals surface area (Å²) in [7, 11) is 0. The molecule has 6 heteroatoms. The molecule has 0 aliphatic heterocycles. The molecule has 2 aromatic rings. The van der Waals surface area contributed by atoms with Crippen molar-refractivity contribution in [1.29, 1.82) is 0 Å². The number of para-hydroxylation sites is 1. The van der Waals surface area contributed by atoms with Crippen molar-refractivity contribution < 1.29 is 9.59 Å². The third-order valence-corrected chi connectivity index (χ3v) is 3.01. The summed E-state index contributed by atoms with van der Waals surface area (Å²) in [6.45, 7) is 0.0510. The Balaban J connectivity index is 2.06. The van der Waals surface area contributed by atoms with E-state index in [0.29, 0.717) is 12.0 Å². The van der Waals surface area contributed by atoms with Crippen molar-refractivity contribution in [3.63, 3.8) is 0 Å². The Kier molecular flexibility index (Phi) is 3.88. The van der Waals surface area contributed by atoms with Gasteiger partial charge in [0.1, 0.15) is 6.54 Å². The van der Waals surface area contributed by atoms with Gasteiger partial charge in [0, 0.05) is 16.9 Å². The van der Waals surface area contributed by atoms with Crippen LogP contribution in [0.25, 0.3) is 0 Å². The van der Waals surface area contributed by atoms with Gasteiger partial charge in [-0.1, -0.05) is 12.1 Å². The number of carbonyl (C=O) groups is 2. The van der Waals surface area contributed by atoms with Gasteiger partial charge >= 0.3 is 0 Å². The van der Waals surface area contributed by atoms with Gasteiger partial charge in [-0.3, -0.25) is 9.59 Å². The highest BCUT2D eigenvalue weighted by atomic mass is 79.9. The number of carbonyl (C=O) groups excluding carboxylic acids is 2. The molecule has 0 fully saturated rings. The summed E-state index contributed by atoms with van der Waals surface area (Å²) in [6, 6.07) is 7.31. The highest BCUT2D eigenvalue weighted by molar-refractivity contribution is 9.10. The van der Waals surface area contributed by atoms with Gasteiger partial charge < -0.3 is 9.88 Å². The quantitative estimate of drug-likeness (QED) is 0.880. The van der Waals surface area contributed by atoms with Gasteiger partial charge in [0.2, 0.25) is 5.91 Å². The maximum atomic E-state index is 11.8. The molecule has 0 radical (unpaired) electrons. The second-order valence-electron chi connectivity index (χ2n) is 3.56. The van der Waals surface area contributed by atoms with E-state index in [1.165, 1.54) is 10.8 Å². The fourth-order valence-electron chi connectivity index (χ4n) is 1.48. The van der Waals surface area contributed by atoms with Crippen LogP contribution in [0.15, 0.2) is 41.1 Å². The average Bonchev–Trinajstić information content (AvgIpc) is 2.79. The molecule has 1 N–H and O–H groups in total. The Hall–Kier alpha value is -1.95. The number of hydrogen-bond acceptors (Lipinski definition) is 3. The van der Waals surface area contributed by atoms with Gasteiger partial charge in [-0.05, 0) is 28.1 Å². The van der Waals surface area contributed by atoms with Crippen LogP contribution in [0, 0.1) is 0 Å². The summed E-state index contributed by atoms with van der Waals surface area (Å²) >= 11 is 3.34. The summed E-state index contributed by atoms with van der Waals surface area (Å²) < 4.78 is 2.29. The number of amides is 1. The van der Waals surface area contributed by atoms with Crippen molar-refractivity contribution >= 4 is 33.8 Å². The van der Waals surface area contributed by atoms with E-state index in [1.807, 2.05) is 18.2 Å². The Morgan fingerprint density at radius 3 is 2.94 bits per heavy atom. The molecular weight excluding hydrogens is 298 g/mol. The lowest BCUT2D eigenvalue weighted by Crippen LogP contribution is -2.19. The van der Waals surface area contributed by atoms with Crippen LogP contribution in [0.1, 0.15) is 10.6 Å². The zero-order chi connectivity index (χ0) is 13.0. The number of rotatable bonds is 4. The van der Waals surface area contributed by atoms with Crippen LogP contribution in [0.3, 0.4) is 0 Å². The van der Waals surface area contributed by atoms with E-state index in [9.17, 15) is 9.59 Å². The van der Waals surface area contributed by atoms with Gasteiger partial charge in [-0.25, -0.2) is 4.98 Å². The number of hydrogen-bond donors (Lipinski definition) is 1. The fourth-order valence-corrected chi connectivity index (χ4v) is 1.86. The van der Waals surface area contributed by atoms with E-state index in [0.717, 1.165) is 4.47 Å². The van der Waals surface area contributed by atoms with Crippen molar-refractivity contribution in [3.8, 4) is 0 Å². The Bertz CT molecular complexity index is 580. The number of anilines is 1. The maximum Gasteiger partial charge on any atom is 0.244 e. The van der Waals surface area contributed by atoms with E-state index in [1.54, 1.807) is 12.3 Å². The minimum absolute atomic E-state index is 0.0510. The van der Waals surface area contributed by atoms with Gasteiger partial charge in [0.15, 0.2) is 12.1 Å². The SMILES string of the molecule is O=Cc1nccn1CC(=O)Nc1ccccc1Br. The first kappa shape index (κ1) is 12.5. The number of nitrogens with one attached hydrogen (secondary N) is 1. The number of aldehydes is 1. The molecule has 5 nitrogen and oxygen atoms in total. The molecule has 1 aromatic carbocycles. The predicted molar refractivity (Wildman–Crippen MR) is 70.4 cm³/mol. The van der Waals surface area contributed by atoms with Crippen molar-refractivity contribution in [3.05, 3.63) is 47.0 Å². The number of nitrogens with zero attached hydrogens (tertiary/aromatic N) is 2. The molecule has 0 aliphatic carbocycles. The van der Waals surface area contributed by atoms with E-state index in [2.05, 4.69) is 26.2 Å². The predicted octanol–water partition coefficient (Wildman–Crippen LogP) is 2.10. The molecule has 0 spiro atoms. The Labute approximate surface area is 112 Å². The molecular formula is C12H10BrN3O2. The lowest BCUT2D eigenvalue weighted by molar-refractivity contribution is -0.116. The number of benzene rings is 1. The van der Waals surface area contributed by atoms with E-state index in [-0.39, 0.29) is 18.3 Å². The molecule has 0 atom stereocenters. The normalized spacial score (nSPS) is 10.1. The molecule has 0 bridgehead atoms. The first-order valence-corrected chi connectivity index (χ1v) is 6.00.